The van der Waals surface area contributed by atoms with Crippen molar-refractivity contribution in [2.75, 3.05) is 11.9 Å². The van der Waals surface area contributed by atoms with E-state index in [2.05, 4.69) is 15.3 Å². The maximum absolute atomic E-state index is 12.3. The molecular weight excluding hydrogens is 340 g/mol. The van der Waals surface area contributed by atoms with Gasteiger partial charge in [0.2, 0.25) is 5.91 Å². The largest absolute Gasteiger partial charge is 0.477 e. The minimum absolute atomic E-state index is 0.139. The molecule has 1 amide bonds. The van der Waals surface area contributed by atoms with E-state index < -0.39 is 5.97 Å². The molecule has 8 heteroatoms. The quantitative estimate of drug-likeness (QED) is 0.786. The molecule has 0 atom stereocenters. The van der Waals surface area contributed by atoms with Crippen molar-refractivity contribution >= 4 is 28.3 Å². The molecule has 25 heavy (non-hydrogen) atoms. The summed E-state index contributed by atoms with van der Waals surface area (Å²) in [4.78, 5) is 34.0. The number of aryl methyl sites for hydroxylation is 2. The third-order valence-electron chi connectivity index (χ3n) is 3.78. The van der Waals surface area contributed by atoms with Crippen LogP contribution in [0.4, 0.5) is 5.13 Å². The van der Waals surface area contributed by atoms with Crippen molar-refractivity contribution in [1.82, 2.24) is 14.9 Å². The lowest BCUT2D eigenvalue weighted by Crippen LogP contribution is -2.38. The molecule has 134 valence electrons. The number of hydrogen-bond donors (Lipinski definition) is 2. The van der Waals surface area contributed by atoms with Gasteiger partial charge < -0.3 is 10.4 Å². The first kappa shape index (κ1) is 19.0. The number of carboxylic acids is 1. The number of hydrogen-bond acceptors (Lipinski definition) is 6. The number of aromatic nitrogens is 2. The topological polar surface area (TPSA) is 95.4 Å². The number of anilines is 1. The predicted octanol–water partition coefficient (Wildman–Crippen LogP) is 2.70. The summed E-state index contributed by atoms with van der Waals surface area (Å²) >= 11 is 0.964. The average molecular weight is 362 g/mol. The molecule has 0 aromatic carbocycles. The maximum atomic E-state index is 12.3. The van der Waals surface area contributed by atoms with Crippen LogP contribution >= 0.6 is 11.3 Å². The van der Waals surface area contributed by atoms with Crippen LogP contribution < -0.4 is 5.32 Å². The molecule has 0 fully saturated rings. The molecule has 2 rings (SSSR count). The molecule has 0 saturated carbocycles. The molecule has 2 aromatic rings. The van der Waals surface area contributed by atoms with E-state index in [1.54, 1.807) is 13.1 Å². The van der Waals surface area contributed by atoms with Crippen LogP contribution in [0, 0.1) is 13.8 Å². The number of amides is 1. The molecular formula is C17H22N4O3S. The number of carbonyl (C=O) groups excluding carboxylic acids is 1. The van der Waals surface area contributed by atoms with Gasteiger partial charge in [0.1, 0.15) is 4.88 Å². The van der Waals surface area contributed by atoms with Crippen LogP contribution in [0.2, 0.25) is 0 Å². The second kappa shape index (κ2) is 8.17. The van der Waals surface area contributed by atoms with Crippen LogP contribution in [-0.4, -0.2) is 44.4 Å². The van der Waals surface area contributed by atoms with E-state index >= 15 is 0 Å². The standard InChI is InChI=1S/C17H22N4O3S/c1-10(2)21(8-13-11(3)6-5-7-18-13)9-14(22)20-17-19-12(4)15(25-17)16(23)24/h5-7,10H,8-9H2,1-4H3,(H,23,24)(H,19,20,22). The number of carboxylic acid groups (broad SMARTS) is 1. The first-order valence-electron chi connectivity index (χ1n) is 7.93. The first-order chi connectivity index (χ1) is 11.8. The number of aromatic carboxylic acids is 1. The molecule has 2 heterocycles. The molecule has 0 bridgehead atoms. The van der Waals surface area contributed by atoms with Crippen molar-refractivity contribution in [3.8, 4) is 0 Å². The van der Waals surface area contributed by atoms with E-state index in [1.807, 2.05) is 37.8 Å². The van der Waals surface area contributed by atoms with Crippen LogP contribution in [0.1, 0.15) is 40.5 Å². The number of nitrogens with zero attached hydrogens (tertiary/aromatic N) is 3. The van der Waals surface area contributed by atoms with Gasteiger partial charge in [0, 0.05) is 18.8 Å². The number of carbonyl (C=O) groups is 2. The fourth-order valence-corrected chi connectivity index (χ4v) is 3.11. The highest BCUT2D eigenvalue weighted by Gasteiger charge is 2.19. The summed E-state index contributed by atoms with van der Waals surface area (Å²) in [6, 6.07) is 4.03. The third kappa shape index (κ3) is 5.07. The molecule has 7 nitrogen and oxygen atoms in total. The lowest BCUT2D eigenvalue weighted by Gasteiger charge is -2.25. The Bertz CT molecular complexity index is 773. The minimum Gasteiger partial charge on any atom is -0.477 e. The molecule has 0 aliphatic heterocycles. The van der Waals surface area contributed by atoms with E-state index in [1.165, 1.54) is 0 Å². The molecule has 2 aromatic heterocycles. The van der Waals surface area contributed by atoms with Gasteiger partial charge in [-0.3, -0.25) is 14.7 Å². The Morgan fingerprint density at radius 3 is 2.64 bits per heavy atom. The van der Waals surface area contributed by atoms with Crippen molar-refractivity contribution in [3.05, 3.63) is 40.2 Å². The summed E-state index contributed by atoms with van der Waals surface area (Å²) in [7, 11) is 0. The van der Waals surface area contributed by atoms with Gasteiger partial charge in [0.15, 0.2) is 5.13 Å². The van der Waals surface area contributed by atoms with E-state index in [4.69, 9.17) is 5.11 Å². The summed E-state index contributed by atoms with van der Waals surface area (Å²) < 4.78 is 0. The average Bonchev–Trinajstić information content (AvgIpc) is 2.89. The zero-order valence-corrected chi connectivity index (χ0v) is 15.6. The Kier molecular flexibility index (Phi) is 6.22. The van der Waals surface area contributed by atoms with Gasteiger partial charge >= 0.3 is 5.97 Å². The highest BCUT2D eigenvalue weighted by atomic mass is 32.1. The van der Waals surface area contributed by atoms with Gasteiger partial charge in [-0.1, -0.05) is 17.4 Å². The Morgan fingerprint density at radius 1 is 1.36 bits per heavy atom. The van der Waals surface area contributed by atoms with E-state index in [-0.39, 0.29) is 23.4 Å². The van der Waals surface area contributed by atoms with Gasteiger partial charge in [0.05, 0.1) is 17.9 Å². The van der Waals surface area contributed by atoms with Crippen molar-refractivity contribution in [2.45, 2.75) is 40.3 Å². The highest BCUT2D eigenvalue weighted by molar-refractivity contribution is 7.17. The SMILES string of the molecule is Cc1cccnc1CN(CC(=O)Nc1nc(C)c(C(=O)O)s1)C(C)C. The number of nitrogens with one attached hydrogen (secondary N) is 1. The van der Waals surface area contributed by atoms with Gasteiger partial charge in [-0.2, -0.15) is 0 Å². The lowest BCUT2D eigenvalue weighted by molar-refractivity contribution is -0.117. The summed E-state index contributed by atoms with van der Waals surface area (Å²) in [6.45, 7) is 8.37. The zero-order valence-electron chi connectivity index (χ0n) is 14.7. The van der Waals surface area contributed by atoms with Gasteiger partial charge in [-0.25, -0.2) is 9.78 Å². The molecule has 0 unspecified atom stereocenters. The predicted molar refractivity (Wildman–Crippen MR) is 97.0 cm³/mol. The number of thiazole rings is 1. The van der Waals surface area contributed by atoms with Crippen LogP contribution in [0.3, 0.4) is 0 Å². The Balaban J connectivity index is 2.04. The number of rotatable bonds is 7. The number of pyridine rings is 1. The zero-order chi connectivity index (χ0) is 18.6. The van der Waals surface area contributed by atoms with Crippen molar-refractivity contribution < 1.29 is 14.7 Å². The summed E-state index contributed by atoms with van der Waals surface area (Å²) in [5.41, 5.74) is 2.41. The van der Waals surface area contributed by atoms with Crippen molar-refractivity contribution in [3.63, 3.8) is 0 Å². The van der Waals surface area contributed by atoms with Crippen molar-refractivity contribution in [1.29, 1.82) is 0 Å². The minimum atomic E-state index is -1.04. The Hall–Kier alpha value is -2.32. The second-order valence-electron chi connectivity index (χ2n) is 6.05. The molecule has 0 radical (unpaired) electrons. The summed E-state index contributed by atoms with van der Waals surface area (Å²) in [5.74, 6) is -1.27. The van der Waals surface area contributed by atoms with Gasteiger partial charge in [-0.15, -0.1) is 0 Å². The van der Waals surface area contributed by atoms with Crippen LogP contribution in [0.15, 0.2) is 18.3 Å². The summed E-state index contributed by atoms with van der Waals surface area (Å²) in [5, 5.41) is 12.1. The lowest BCUT2D eigenvalue weighted by atomic mass is 10.2. The van der Waals surface area contributed by atoms with Crippen LogP contribution in [0.5, 0.6) is 0 Å². The van der Waals surface area contributed by atoms with Gasteiger partial charge in [0.25, 0.3) is 0 Å². The smallest absolute Gasteiger partial charge is 0.347 e. The van der Waals surface area contributed by atoms with Gasteiger partial charge in [-0.05, 0) is 39.3 Å². The highest BCUT2D eigenvalue weighted by Crippen LogP contribution is 2.22. The molecule has 0 saturated heterocycles. The molecule has 0 aliphatic carbocycles. The van der Waals surface area contributed by atoms with Crippen LogP contribution in [-0.2, 0) is 11.3 Å². The monoisotopic (exact) mass is 362 g/mol. The maximum Gasteiger partial charge on any atom is 0.347 e. The fraction of sp³-hybridized carbons (Fsp3) is 0.412. The third-order valence-corrected chi connectivity index (χ3v) is 4.85. The normalized spacial score (nSPS) is 11.1. The second-order valence-corrected chi connectivity index (χ2v) is 7.05. The van der Waals surface area contributed by atoms with E-state index in [0.29, 0.717) is 17.4 Å². The van der Waals surface area contributed by atoms with E-state index in [0.717, 1.165) is 22.6 Å². The Morgan fingerprint density at radius 2 is 2.08 bits per heavy atom. The summed E-state index contributed by atoms with van der Waals surface area (Å²) in [6.07, 6.45) is 1.74. The molecule has 2 N–H and O–H groups in total. The Labute approximate surface area is 150 Å². The van der Waals surface area contributed by atoms with Crippen molar-refractivity contribution in [2.24, 2.45) is 0 Å². The fourth-order valence-electron chi connectivity index (χ4n) is 2.29. The van der Waals surface area contributed by atoms with E-state index in [9.17, 15) is 9.59 Å². The van der Waals surface area contributed by atoms with Crippen LogP contribution in [0.25, 0.3) is 0 Å². The molecule has 0 spiro atoms. The first-order valence-corrected chi connectivity index (χ1v) is 8.74. The molecule has 0 aliphatic rings.